The Kier molecular flexibility index (Phi) is 2.57. The maximum Gasteiger partial charge on any atom is 0.0917 e. The highest BCUT2D eigenvalue weighted by atomic mass is 16.3. The third-order valence-electron chi connectivity index (χ3n) is 3.00. The molecule has 76 valence electrons. The SMILES string of the molecule is Cc1cccc2c1C(C)CNCC2O. The number of aliphatic hydroxyl groups is 1. The minimum atomic E-state index is -0.352. The molecule has 1 aliphatic rings. The van der Waals surface area contributed by atoms with Crippen LogP contribution in [0.5, 0.6) is 0 Å². The van der Waals surface area contributed by atoms with E-state index in [0.717, 1.165) is 12.1 Å². The van der Waals surface area contributed by atoms with Crippen molar-refractivity contribution in [3.8, 4) is 0 Å². The Morgan fingerprint density at radius 2 is 2.14 bits per heavy atom. The van der Waals surface area contributed by atoms with Crippen LogP contribution in [0.3, 0.4) is 0 Å². The largest absolute Gasteiger partial charge is 0.387 e. The Morgan fingerprint density at radius 3 is 2.93 bits per heavy atom. The lowest BCUT2D eigenvalue weighted by atomic mass is 9.90. The molecule has 0 bridgehead atoms. The van der Waals surface area contributed by atoms with Crippen molar-refractivity contribution in [2.45, 2.75) is 25.9 Å². The van der Waals surface area contributed by atoms with Gasteiger partial charge in [0.2, 0.25) is 0 Å². The summed E-state index contributed by atoms with van der Waals surface area (Å²) in [5.74, 6) is 0.489. The fourth-order valence-electron chi connectivity index (χ4n) is 2.32. The van der Waals surface area contributed by atoms with Gasteiger partial charge in [0.1, 0.15) is 0 Å². The second kappa shape index (κ2) is 3.71. The van der Waals surface area contributed by atoms with Crippen molar-refractivity contribution < 1.29 is 5.11 Å². The number of hydrogen-bond acceptors (Lipinski definition) is 2. The van der Waals surface area contributed by atoms with E-state index in [1.165, 1.54) is 11.1 Å². The van der Waals surface area contributed by atoms with Gasteiger partial charge in [0, 0.05) is 13.1 Å². The molecule has 2 rings (SSSR count). The third kappa shape index (κ3) is 1.56. The molecular formula is C12H17NO. The quantitative estimate of drug-likeness (QED) is 0.654. The van der Waals surface area contributed by atoms with Gasteiger partial charge in [-0.25, -0.2) is 0 Å². The lowest BCUT2D eigenvalue weighted by molar-refractivity contribution is 0.178. The van der Waals surface area contributed by atoms with E-state index in [-0.39, 0.29) is 6.10 Å². The van der Waals surface area contributed by atoms with Crippen LogP contribution < -0.4 is 5.32 Å². The molecule has 2 heteroatoms. The van der Waals surface area contributed by atoms with E-state index in [1.807, 2.05) is 12.1 Å². The van der Waals surface area contributed by atoms with Crippen LogP contribution in [0.15, 0.2) is 18.2 Å². The average Bonchev–Trinajstić information content (AvgIpc) is 2.29. The number of aliphatic hydroxyl groups excluding tert-OH is 1. The molecule has 0 radical (unpaired) electrons. The van der Waals surface area contributed by atoms with Gasteiger partial charge < -0.3 is 10.4 Å². The number of nitrogens with one attached hydrogen (secondary N) is 1. The lowest BCUT2D eigenvalue weighted by Gasteiger charge is -2.16. The number of benzene rings is 1. The summed E-state index contributed by atoms with van der Waals surface area (Å²) >= 11 is 0. The second-order valence-electron chi connectivity index (χ2n) is 4.15. The highest BCUT2D eigenvalue weighted by Gasteiger charge is 2.21. The highest BCUT2D eigenvalue weighted by molar-refractivity contribution is 5.39. The fourth-order valence-corrected chi connectivity index (χ4v) is 2.32. The summed E-state index contributed by atoms with van der Waals surface area (Å²) in [6, 6.07) is 6.18. The Hall–Kier alpha value is -0.860. The topological polar surface area (TPSA) is 32.3 Å². The van der Waals surface area contributed by atoms with Gasteiger partial charge in [0.25, 0.3) is 0 Å². The first kappa shape index (κ1) is 9.69. The van der Waals surface area contributed by atoms with Gasteiger partial charge in [-0.05, 0) is 29.5 Å². The van der Waals surface area contributed by atoms with E-state index in [2.05, 4.69) is 25.2 Å². The summed E-state index contributed by atoms with van der Waals surface area (Å²) < 4.78 is 0. The minimum absolute atomic E-state index is 0.352. The third-order valence-corrected chi connectivity index (χ3v) is 3.00. The van der Waals surface area contributed by atoms with Crippen LogP contribution in [-0.4, -0.2) is 18.2 Å². The molecule has 1 aromatic carbocycles. The van der Waals surface area contributed by atoms with E-state index >= 15 is 0 Å². The Morgan fingerprint density at radius 1 is 1.36 bits per heavy atom. The van der Waals surface area contributed by atoms with Crippen molar-refractivity contribution in [2.24, 2.45) is 0 Å². The first-order chi connectivity index (χ1) is 6.70. The van der Waals surface area contributed by atoms with Crippen LogP contribution >= 0.6 is 0 Å². The smallest absolute Gasteiger partial charge is 0.0917 e. The van der Waals surface area contributed by atoms with E-state index in [0.29, 0.717) is 12.5 Å². The monoisotopic (exact) mass is 191 g/mol. The maximum absolute atomic E-state index is 9.92. The molecular weight excluding hydrogens is 174 g/mol. The molecule has 2 nitrogen and oxygen atoms in total. The van der Waals surface area contributed by atoms with Crippen LogP contribution in [0.4, 0.5) is 0 Å². The van der Waals surface area contributed by atoms with E-state index in [9.17, 15) is 5.11 Å². The summed E-state index contributed by atoms with van der Waals surface area (Å²) in [6.45, 7) is 5.94. The first-order valence-electron chi connectivity index (χ1n) is 5.18. The highest BCUT2D eigenvalue weighted by Crippen LogP contribution is 2.29. The molecule has 2 atom stereocenters. The van der Waals surface area contributed by atoms with Crippen LogP contribution in [0.25, 0.3) is 0 Å². The van der Waals surface area contributed by atoms with Crippen molar-refractivity contribution in [1.29, 1.82) is 0 Å². The van der Waals surface area contributed by atoms with Crippen molar-refractivity contribution >= 4 is 0 Å². The molecule has 0 amide bonds. The molecule has 0 saturated carbocycles. The Labute approximate surface area is 85.0 Å². The van der Waals surface area contributed by atoms with Gasteiger partial charge in [-0.15, -0.1) is 0 Å². The molecule has 1 heterocycles. The zero-order chi connectivity index (χ0) is 10.1. The Bertz CT molecular complexity index is 335. The molecule has 1 aromatic rings. The number of rotatable bonds is 0. The van der Waals surface area contributed by atoms with Gasteiger partial charge in [0.05, 0.1) is 6.10 Å². The van der Waals surface area contributed by atoms with Crippen molar-refractivity contribution in [3.63, 3.8) is 0 Å². The minimum Gasteiger partial charge on any atom is -0.387 e. The summed E-state index contributed by atoms with van der Waals surface area (Å²) in [7, 11) is 0. The summed E-state index contributed by atoms with van der Waals surface area (Å²) in [6.07, 6.45) is -0.352. The maximum atomic E-state index is 9.92. The molecule has 14 heavy (non-hydrogen) atoms. The van der Waals surface area contributed by atoms with Crippen LogP contribution in [0, 0.1) is 6.92 Å². The molecule has 2 N–H and O–H groups in total. The van der Waals surface area contributed by atoms with Crippen LogP contribution in [0.2, 0.25) is 0 Å². The molecule has 0 saturated heterocycles. The van der Waals surface area contributed by atoms with Crippen LogP contribution in [-0.2, 0) is 0 Å². The molecule has 2 unspecified atom stereocenters. The number of β-amino-alcohol motifs (C(OH)–C–C–N with tert-alkyl or cyclic N) is 1. The van der Waals surface area contributed by atoms with E-state index in [4.69, 9.17) is 0 Å². The number of hydrogen-bond donors (Lipinski definition) is 2. The van der Waals surface area contributed by atoms with Gasteiger partial charge >= 0.3 is 0 Å². The standard InChI is InChI=1S/C12H17NO/c1-8-4-3-5-10-11(14)7-13-6-9(2)12(8)10/h3-5,9,11,13-14H,6-7H2,1-2H3. The normalized spacial score (nSPS) is 26.8. The predicted octanol–water partition coefficient (Wildman–Crippen LogP) is 1.74. The number of fused-ring (bicyclic) bond motifs is 1. The predicted molar refractivity (Wildman–Crippen MR) is 57.4 cm³/mol. The zero-order valence-corrected chi connectivity index (χ0v) is 8.75. The van der Waals surface area contributed by atoms with Gasteiger partial charge in [-0.3, -0.25) is 0 Å². The Balaban J connectivity index is 2.54. The summed E-state index contributed by atoms with van der Waals surface area (Å²) in [5.41, 5.74) is 3.71. The molecule has 1 aliphatic heterocycles. The fraction of sp³-hybridized carbons (Fsp3) is 0.500. The number of aryl methyl sites for hydroxylation is 1. The lowest BCUT2D eigenvalue weighted by Crippen LogP contribution is -2.21. The van der Waals surface area contributed by atoms with Crippen LogP contribution in [0.1, 0.15) is 35.6 Å². The second-order valence-corrected chi connectivity index (χ2v) is 4.15. The van der Waals surface area contributed by atoms with E-state index < -0.39 is 0 Å². The molecule has 0 spiro atoms. The van der Waals surface area contributed by atoms with E-state index in [1.54, 1.807) is 0 Å². The van der Waals surface area contributed by atoms with Gasteiger partial charge in [-0.2, -0.15) is 0 Å². The van der Waals surface area contributed by atoms with Gasteiger partial charge in [0.15, 0.2) is 0 Å². The average molecular weight is 191 g/mol. The van der Waals surface area contributed by atoms with Crippen molar-refractivity contribution in [2.75, 3.05) is 13.1 Å². The molecule has 0 fully saturated rings. The summed E-state index contributed by atoms with van der Waals surface area (Å²) in [5, 5.41) is 13.2. The molecule has 0 aliphatic carbocycles. The summed E-state index contributed by atoms with van der Waals surface area (Å²) in [4.78, 5) is 0. The van der Waals surface area contributed by atoms with Crippen molar-refractivity contribution in [3.05, 3.63) is 34.9 Å². The first-order valence-corrected chi connectivity index (χ1v) is 5.18. The zero-order valence-electron chi connectivity index (χ0n) is 8.75. The van der Waals surface area contributed by atoms with Gasteiger partial charge in [-0.1, -0.05) is 25.1 Å². The molecule has 0 aromatic heterocycles. The van der Waals surface area contributed by atoms with Crippen molar-refractivity contribution in [1.82, 2.24) is 5.32 Å².